The van der Waals surface area contributed by atoms with E-state index in [4.69, 9.17) is 4.99 Å². The molecule has 5 aromatic carbocycles. The van der Waals surface area contributed by atoms with Crippen molar-refractivity contribution in [2.24, 2.45) is 34.6 Å². The first-order valence-electron chi connectivity index (χ1n) is 19.5. The summed E-state index contributed by atoms with van der Waals surface area (Å²) in [4.78, 5) is 5.41. The number of benzene rings is 5. The predicted octanol–water partition coefficient (Wildman–Crippen LogP) is 12.3. The summed E-state index contributed by atoms with van der Waals surface area (Å²) in [5, 5.41) is 0. The highest BCUT2D eigenvalue weighted by molar-refractivity contribution is 6.05. The van der Waals surface area contributed by atoms with Gasteiger partial charge in [-0.15, -0.1) is 0 Å². The van der Waals surface area contributed by atoms with Gasteiger partial charge in [-0.1, -0.05) is 175 Å². The van der Waals surface area contributed by atoms with Crippen LogP contribution in [0, 0.1) is 29.6 Å². The lowest BCUT2D eigenvalue weighted by atomic mass is 9.70. The van der Waals surface area contributed by atoms with Gasteiger partial charge in [0.2, 0.25) is 0 Å². The molecule has 6 unspecified atom stereocenters. The molecular formula is C52H41N. The summed E-state index contributed by atoms with van der Waals surface area (Å²) in [5.41, 5.74) is 19.6. The summed E-state index contributed by atoms with van der Waals surface area (Å²) in [6, 6.07) is 49.3. The average molecular weight is 680 g/mol. The fourth-order valence-corrected chi connectivity index (χ4v) is 10.2. The Hall–Kier alpha value is -5.79. The highest BCUT2D eigenvalue weighted by Gasteiger charge is 2.48. The second-order valence-electron chi connectivity index (χ2n) is 15.7. The van der Waals surface area contributed by atoms with E-state index in [0.29, 0.717) is 29.6 Å². The van der Waals surface area contributed by atoms with Gasteiger partial charge in [-0.3, -0.25) is 4.99 Å². The Morgan fingerprint density at radius 2 is 1.23 bits per heavy atom. The van der Waals surface area contributed by atoms with E-state index in [1.54, 1.807) is 11.1 Å². The zero-order valence-corrected chi connectivity index (χ0v) is 29.8. The molecule has 53 heavy (non-hydrogen) atoms. The largest absolute Gasteiger partial charge is 0.280 e. The van der Waals surface area contributed by atoms with Crippen LogP contribution in [-0.2, 0) is 6.42 Å². The lowest BCUT2D eigenvalue weighted by molar-refractivity contribution is 0.619. The van der Waals surface area contributed by atoms with E-state index in [1.807, 2.05) is 0 Å². The molecule has 6 aliphatic rings. The Balaban J connectivity index is 0.957. The summed E-state index contributed by atoms with van der Waals surface area (Å²) in [5.74, 6) is 2.27. The molecule has 0 radical (unpaired) electrons. The van der Waals surface area contributed by atoms with Crippen molar-refractivity contribution >= 4 is 22.4 Å². The normalized spacial score (nSPS) is 26.1. The quantitative estimate of drug-likeness (QED) is 0.169. The molecule has 5 aromatic rings. The van der Waals surface area contributed by atoms with Crippen molar-refractivity contribution in [3.8, 4) is 11.1 Å². The number of fused-ring (bicyclic) bond motifs is 5. The molecule has 1 heteroatoms. The monoisotopic (exact) mass is 679 g/mol. The minimum Gasteiger partial charge on any atom is -0.280 e. The van der Waals surface area contributed by atoms with E-state index in [0.717, 1.165) is 12.8 Å². The van der Waals surface area contributed by atoms with E-state index in [-0.39, 0.29) is 6.04 Å². The van der Waals surface area contributed by atoms with Gasteiger partial charge in [0, 0.05) is 17.8 Å². The summed E-state index contributed by atoms with van der Waals surface area (Å²) < 4.78 is 0. The van der Waals surface area contributed by atoms with Gasteiger partial charge in [0.25, 0.3) is 0 Å². The maximum absolute atomic E-state index is 5.41. The first kappa shape index (κ1) is 30.8. The third-order valence-electron chi connectivity index (χ3n) is 12.8. The molecule has 0 aromatic heterocycles. The first-order valence-corrected chi connectivity index (χ1v) is 19.5. The maximum Gasteiger partial charge on any atom is 0.0762 e. The summed E-state index contributed by atoms with van der Waals surface area (Å²) in [6.45, 7) is 0. The van der Waals surface area contributed by atoms with Gasteiger partial charge in [0.1, 0.15) is 0 Å². The van der Waals surface area contributed by atoms with Crippen LogP contribution in [0.15, 0.2) is 192 Å². The van der Waals surface area contributed by atoms with Crippen LogP contribution >= 0.6 is 0 Å². The molecule has 1 fully saturated rings. The summed E-state index contributed by atoms with van der Waals surface area (Å²) in [6.07, 6.45) is 20.2. The van der Waals surface area contributed by atoms with Gasteiger partial charge in [-0.2, -0.15) is 0 Å². The van der Waals surface area contributed by atoms with Gasteiger partial charge in [0.05, 0.1) is 11.8 Å². The molecule has 1 aliphatic heterocycles. The van der Waals surface area contributed by atoms with Crippen LogP contribution in [0.2, 0.25) is 0 Å². The van der Waals surface area contributed by atoms with E-state index in [2.05, 4.69) is 176 Å². The van der Waals surface area contributed by atoms with E-state index >= 15 is 0 Å². The molecular weight excluding hydrogens is 639 g/mol. The third kappa shape index (κ3) is 5.17. The van der Waals surface area contributed by atoms with Crippen molar-refractivity contribution in [3.05, 3.63) is 221 Å². The van der Waals surface area contributed by atoms with Crippen LogP contribution in [0.25, 0.3) is 27.8 Å². The molecule has 11 rings (SSSR count). The molecule has 6 atom stereocenters. The van der Waals surface area contributed by atoms with E-state index < -0.39 is 0 Å². The Morgan fingerprint density at radius 1 is 0.528 bits per heavy atom. The fourth-order valence-electron chi connectivity index (χ4n) is 10.2. The number of aliphatic imine (C=N–C) groups is 1. The van der Waals surface area contributed by atoms with Crippen LogP contribution in [0.3, 0.4) is 0 Å². The van der Waals surface area contributed by atoms with Gasteiger partial charge < -0.3 is 0 Å². The van der Waals surface area contributed by atoms with Crippen molar-refractivity contribution < 1.29 is 0 Å². The summed E-state index contributed by atoms with van der Waals surface area (Å²) >= 11 is 0. The molecule has 0 bridgehead atoms. The van der Waals surface area contributed by atoms with Gasteiger partial charge in [-0.05, 0) is 104 Å². The first-order chi connectivity index (χ1) is 26.3. The molecule has 0 amide bonds. The fraction of sp³-hybridized carbons (Fsp3) is 0.173. The zero-order valence-electron chi connectivity index (χ0n) is 29.8. The van der Waals surface area contributed by atoms with Crippen molar-refractivity contribution in [2.45, 2.75) is 25.3 Å². The highest BCUT2D eigenvalue weighted by atomic mass is 14.9. The second kappa shape index (κ2) is 12.4. The van der Waals surface area contributed by atoms with Crippen LogP contribution in [0.1, 0.15) is 52.3 Å². The van der Waals surface area contributed by atoms with Crippen LogP contribution in [-0.4, -0.2) is 5.71 Å². The topological polar surface area (TPSA) is 12.4 Å². The summed E-state index contributed by atoms with van der Waals surface area (Å²) in [7, 11) is 0. The molecule has 1 heterocycles. The van der Waals surface area contributed by atoms with Crippen LogP contribution < -0.4 is 0 Å². The minimum atomic E-state index is 0.209. The Bertz CT molecular complexity index is 2490. The standard InChI is InChI=1S/C52H41N/c1-4-14-33(15-5-1)38-20-10-11-21-40(38)47-31-49-44-28-36(24-25-37(44)29-45(49)41-22-12-13-23-42(41)47)39-26-27-43(48-30-46(39)48)50-32-51(34-16-6-2-7-17-34)53-52(50)35-18-8-3-9-19-35/h1-28,31,41-42,46,48,50-51H,29-30,32H2. The maximum atomic E-state index is 5.41. The number of hydrogen-bond donors (Lipinski definition) is 0. The number of hydrogen-bond acceptors (Lipinski definition) is 1. The van der Waals surface area contributed by atoms with Crippen molar-refractivity contribution in [3.63, 3.8) is 0 Å². The SMILES string of the molecule is C1=CC2C(c3ccccc3-c3ccccc3)=CC3=C(Cc4ccc(C5=CC=C(C6CC(c7ccccc7)N=C6c6ccccc6)C6CC56)cc43)C2C=C1. The van der Waals surface area contributed by atoms with Crippen molar-refractivity contribution in [1.82, 2.24) is 0 Å². The lowest BCUT2D eigenvalue weighted by Gasteiger charge is -2.33. The minimum absolute atomic E-state index is 0.209. The molecule has 5 aliphatic carbocycles. The van der Waals surface area contributed by atoms with Gasteiger partial charge in [-0.25, -0.2) is 0 Å². The molecule has 0 N–H and O–H groups in total. The van der Waals surface area contributed by atoms with Crippen LogP contribution in [0.5, 0.6) is 0 Å². The molecule has 1 saturated carbocycles. The van der Waals surface area contributed by atoms with Crippen molar-refractivity contribution in [2.75, 3.05) is 0 Å². The molecule has 1 nitrogen and oxygen atoms in total. The Labute approximate surface area is 312 Å². The van der Waals surface area contributed by atoms with E-state index in [1.165, 1.54) is 73.4 Å². The number of rotatable bonds is 6. The van der Waals surface area contributed by atoms with E-state index in [9.17, 15) is 0 Å². The van der Waals surface area contributed by atoms with Crippen molar-refractivity contribution in [1.29, 1.82) is 0 Å². The smallest absolute Gasteiger partial charge is 0.0762 e. The molecule has 0 spiro atoms. The second-order valence-corrected chi connectivity index (χ2v) is 15.7. The number of nitrogens with zero attached hydrogens (tertiary/aromatic N) is 1. The highest BCUT2D eigenvalue weighted by Crippen LogP contribution is 2.59. The lowest BCUT2D eigenvalue weighted by Crippen LogP contribution is -2.21. The third-order valence-corrected chi connectivity index (χ3v) is 12.8. The number of allylic oxidation sites excluding steroid dienone is 12. The zero-order chi connectivity index (χ0) is 34.9. The van der Waals surface area contributed by atoms with Crippen LogP contribution in [0.4, 0.5) is 0 Å². The predicted molar refractivity (Wildman–Crippen MR) is 220 cm³/mol. The Kier molecular flexibility index (Phi) is 7.22. The average Bonchev–Trinajstić information content (AvgIpc) is 3.78. The van der Waals surface area contributed by atoms with Gasteiger partial charge >= 0.3 is 0 Å². The molecule has 0 saturated heterocycles. The molecule has 254 valence electrons. The Morgan fingerprint density at radius 3 is 2.02 bits per heavy atom. The van der Waals surface area contributed by atoms with Gasteiger partial charge in [0.15, 0.2) is 0 Å².